The number of amides is 1. The second kappa shape index (κ2) is 3.33. The number of hydrogen-bond donors (Lipinski definition) is 1. The highest BCUT2D eigenvalue weighted by atomic mass is 16.2. The van der Waals surface area contributed by atoms with Gasteiger partial charge in [-0.1, -0.05) is 18.7 Å². The van der Waals surface area contributed by atoms with Crippen LogP contribution in [-0.2, 0) is 4.79 Å². The summed E-state index contributed by atoms with van der Waals surface area (Å²) in [5, 5.41) is 0. The van der Waals surface area contributed by atoms with Crippen molar-refractivity contribution < 1.29 is 4.79 Å². The molecule has 0 atom stereocenters. The van der Waals surface area contributed by atoms with Crippen LogP contribution in [0.25, 0.3) is 11.0 Å². The van der Waals surface area contributed by atoms with Gasteiger partial charge >= 0.3 is 0 Å². The molecule has 4 nitrogen and oxygen atoms in total. The van der Waals surface area contributed by atoms with Crippen LogP contribution >= 0.6 is 0 Å². The van der Waals surface area contributed by atoms with E-state index in [1.54, 1.807) is 11.0 Å². The highest BCUT2D eigenvalue weighted by molar-refractivity contribution is 5.94. The van der Waals surface area contributed by atoms with E-state index >= 15 is 0 Å². The highest BCUT2D eigenvalue weighted by Crippen LogP contribution is 2.09. The largest absolute Gasteiger partial charge is 0.268 e. The second-order valence-electron chi connectivity index (χ2n) is 2.78. The Labute approximate surface area is 80.8 Å². The van der Waals surface area contributed by atoms with Crippen LogP contribution in [0.3, 0.4) is 0 Å². The lowest BCUT2D eigenvalue weighted by Gasteiger charge is -2.02. The van der Waals surface area contributed by atoms with Crippen LogP contribution < -0.4 is 5.43 Å². The average molecular weight is 187 g/mol. The molecule has 0 aliphatic rings. The van der Waals surface area contributed by atoms with Crippen LogP contribution in [0.15, 0.2) is 43.2 Å². The van der Waals surface area contributed by atoms with Crippen molar-refractivity contribution >= 4 is 16.9 Å². The van der Waals surface area contributed by atoms with Gasteiger partial charge in [-0.05, 0) is 18.2 Å². The fourth-order valence-electron chi connectivity index (χ4n) is 1.21. The number of aromatic nitrogens is 2. The minimum Gasteiger partial charge on any atom is -0.268 e. The lowest BCUT2D eigenvalue weighted by molar-refractivity contribution is -0.112. The molecule has 0 aliphatic heterocycles. The maximum atomic E-state index is 11.0. The van der Waals surface area contributed by atoms with Crippen molar-refractivity contribution in [2.24, 2.45) is 0 Å². The molecule has 0 aliphatic carbocycles. The summed E-state index contributed by atoms with van der Waals surface area (Å²) < 4.78 is 1.57. The van der Waals surface area contributed by atoms with Gasteiger partial charge in [0.1, 0.15) is 6.33 Å². The molecule has 1 aromatic heterocycles. The first kappa shape index (κ1) is 8.50. The molecular formula is C10H9N3O. The van der Waals surface area contributed by atoms with Gasteiger partial charge in [0.15, 0.2) is 0 Å². The first-order valence-electron chi connectivity index (χ1n) is 4.17. The van der Waals surface area contributed by atoms with Gasteiger partial charge in [-0.15, -0.1) is 0 Å². The molecule has 0 fully saturated rings. The number of hydrogen-bond acceptors (Lipinski definition) is 2. The number of nitrogens with zero attached hydrogens (tertiary/aromatic N) is 2. The summed E-state index contributed by atoms with van der Waals surface area (Å²) >= 11 is 0. The van der Waals surface area contributed by atoms with E-state index in [0.717, 1.165) is 11.0 Å². The molecule has 1 N–H and O–H groups in total. The van der Waals surface area contributed by atoms with E-state index in [9.17, 15) is 4.79 Å². The van der Waals surface area contributed by atoms with Crippen molar-refractivity contribution in [3.8, 4) is 0 Å². The average Bonchev–Trinajstić information content (AvgIpc) is 2.62. The molecule has 1 heterocycles. The van der Waals surface area contributed by atoms with E-state index in [-0.39, 0.29) is 5.91 Å². The molecule has 14 heavy (non-hydrogen) atoms. The summed E-state index contributed by atoms with van der Waals surface area (Å²) in [5.74, 6) is -0.256. The van der Waals surface area contributed by atoms with Crippen LogP contribution in [-0.4, -0.2) is 15.6 Å². The lowest BCUT2D eigenvalue weighted by atomic mass is 10.3. The predicted octanol–water partition coefficient (Wildman–Crippen LogP) is 1.29. The minimum absolute atomic E-state index is 0.256. The summed E-state index contributed by atoms with van der Waals surface area (Å²) in [5.41, 5.74) is 4.32. The molecule has 0 bridgehead atoms. The third-order valence-electron chi connectivity index (χ3n) is 1.87. The van der Waals surface area contributed by atoms with Crippen LogP contribution in [0.2, 0.25) is 0 Å². The number of para-hydroxylation sites is 2. The van der Waals surface area contributed by atoms with Crippen LogP contribution in [0.4, 0.5) is 0 Å². The molecule has 0 radical (unpaired) electrons. The van der Waals surface area contributed by atoms with Gasteiger partial charge in [0.25, 0.3) is 5.91 Å². The van der Waals surface area contributed by atoms with Crippen molar-refractivity contribution in [2.45, 2.75) is 0 Å². The van der Waals surface area contributed by atoms with E-state index in [4.69, 9.17) is 0 Å². The Morgan fingerprint density at radius 2 is 2.29 bits per heavy atom. The van der Waals surface area contributed by atoms with Crippen LogP contribution in [0.1, 0.15) is 0 Å². The summed E-state index contributed by atoms with van der Waals surface area (Å²) in [4.78, 5) is 15.2. The fourth-order valence-corrected chi connectivity index (χ4v) is 1.21. The summed E-state index contributed by atoms with van der Waals surface area (Å²) in [6.45, 7) is 3.38. The maximum Gasteiger partial charge on any atom is 0.262 e. The molecule has 0 saturated carbocycles. The molecule has 0 saturated heterocycles. The molecule has 2 aromatic rings. The zero-order chi connectivity index (χ0) is 9.97. The molecule has 4 heteroatoms. The van der Waals surface area contributed by atoms with Crippen molar-refractivity contribution in [1.29, 1.82) is 0 Å². The number of rotatable bonds is 2. The zero-order valence-corrected chi connectivity index (χ0v) is 7.47. The Hall–Kier alpha value is -2.10. The lowest BCUT2D eigenvalue weighted by Crippen LogP contribution is -2.19. The Kier molecular flexibility index (Phi) is 2.02. The van der Waals surface area contributed by atoms with Crippen molar-refractivity contribution in [3.05, 3.63) is 43.2 Å². The fraction of sp³-hybridized carbons (Fsp3) is 0. The number of benzene rings is 1. The van der Waals surface area contributed by atoms with Crippen molar-refractivity contribution in [3.63, 3.8) is 0 Å². The number of carbonyl (C=O) groups is 1. The van der Waals surface area contributed by atoms with Gasteiger partial charge in [0, 0.05) is 0 Å². The minimum atomic E-state index is -0.256. The molecular weight excluding hydrogens is 178 g/mol. The van der Waals surface area contributed by atoms with Gasteiger partial charge < -0.3 is 0 Å². The van der Waals surface area contributed by atoms with E-state index in [1.165, 1.54) is 6.08 Å². The Bertz CT molecular complexity index is 487. The van der Waals surface area contributed by atoms with E-state index in [1.807, 2.05) is 24.3 Å². The normalized spacial score (nSPS) is 10.0. The topological polar surface area (TPSA) is 46.9 Å². The monoisotopic (exact) mass is 187 g/mol. The second-order valence-corrected chi connectivity index (χ2v) is 2.78. The van der Waals surface area contributed by atoms with E-state index in [0.29, 0.717) is 0 Å². The standard InChI is InChI=1S/C10H9N3O/c1-2-10(14)12-13-7-11-8-5-3-4-6-9(8)13/h2-7H,1H2,(H,12,14). The highest BCUT2D eigenvalue weighted by Gasteiger charge is 2.01. The number of fused-ring (bicyclic) bond motifs is 1. The Morgan fingerprint density at radius 1 is 1.50 bits per heavy atom. The molecule has 2 rings (SSSR count). The van der Waals surface area contributed by atoms with Crippen LogP contribution in [0, 0.1) is 0 Å². The molecule has 1 aromatic carbocycles. The van der Waals surface area contributed by atoms with Crippen molar-refractivity contribution in [1.82, 2.24) is 9.66 Å². The summed E-state index contributed by atoms with van der Waals surface area (Å²) in [6, 6.07) is 7.55. The smallest absolute Gasteiger partial charge is 0.262 e. The van der Waals surface area contributed by atoms with Gasteiger partial charge in [-0.2, -0.15) is 0 Å². The molecule has 70 valence electrons. The van der Waals surface area contributed by atoms with Gasteiger partial charge in [-0.3, -0.25) is 10.2 Å². The zero-order valence-electron chi connectivity index (χ0n) is 7.47. The van der Waals surface area contributed by atoms with Gasteiger partial charge in [0.05, 0.1) is 11.0 Å². The van der Waals surface area contributed by atoms with Crippen molar-refractivity contribution in [2.75, 3.05) is 5.43 Å². The maximum absolute atomic E-state index is 11.0. The molecule has 0 unspecified atom stereocenters. The summed E-state index contributed by atoms with van der Waals surface area (Å²) in [7, 11) is 0. The first-order chi connectivity index (χ1) is 6.81. The summed E-state index contributed by atoms with van der Waals surface area (Å²) in [6.07, 6.45) is 2.78. The quantitative estimate of drug-likeness (QED) is 0.720. The Balaban J connectivity index is 2.43. The third-order valence-corrected chi connectivity index (χ3v) is 1.87. The number of carbonyl (C=O) groups excluding carboxylic acids is 1. The number of imidazole rings is 1. The SMILES string of the molecule is C=CC(=O)Nn1cnc2ccccc21. The van der Waals surface area contributed by atoms with Gasteiger partial charge in [-0.25, -0.2) is 9.66 Å². The van der Waals surface area contributed by atoms with E-state index in [2.05, 4.69) is 17.0 Å². The first-order valence-corrected chi connectivity index (χ1v) is 4.17. The van der Waals surface area contributed by atoms with Gasteiger partial charge in [0.2, 0.25) is 0 Å². The molecule has 1 amide bonds. The number of nitrogens with one attached hydrogen (secondary N) is 1. The third kappa shape index (κ3) is 1.37. The molecule has 0 spiro atoms. The predicted molar refractivity (Wildman–Crippen MR) is 54.3 cm³/mol. The van der Waals surface area contributed by atoms with E-state index < -0.39 is 0 Å². The van der Waals surface area contributed by atoms with Crippen LogP contribution in [0.5, 0.6) is 0 Å². The Morgan fingerprint density at radius 3 is 3.07 bits per heavy atom.